The molecule has 0 N–H and O–H groups in total. The summed E-state index contributed by atoms with van der Waals surface area (Å²) >= 11 is 0. The fourth-order valence-electron chi connectivity index (χ4n) is 4.98. The van der Waals surface area contributed by atoms with Gasteiger partial charge in [-0.1, -0.05) is 68.3 Å². The first-order chi connectivity index (χ1) is 16.1. The number of carbonyl (C=O) groups is 2. The van der Waals surface area contributed by atoms with Crippen molar-refractivity contribution in [3.8, 4) is 5.75 Å². The lowest BCUT2D eigenvalue weighted by atomic mass is 9.89. The van der Waals surface area contributed by atoms with Gasteiger partial charge in [0.15, 0.2) is 0 Å². The molecule has 2 aliphatic heterocycles. The zero-order valence-corrected chi connectivity index (χ0v) is 19.8. The van der Waals surface area contributed by atoms with Gasteiger partial charge >= 0.3 is 0 Å². The number of rotatable bonds is 9. The number of nitrogens with zero attached hydrogens (tertiary/aromatic N) is 2. The van der Waals surface area contributed by atoms with Gasteiger partial charge in [0.2, 0.25) is 0 Å². The van der Waals surface area contributed by atoms with Gasteiger partial charge in [-0.05, 0) is 43.2 Å². The van der Waals surface area contributed by atoms with Crippen molar-refractivity contribution in [3.63, 3.8) is 0 Å². The van der Waals surface area contributed by atoms with Crippen molar-refractivity contribution in [2.45, 2.75) is 45.4 Å². The first kappa shape index (κ1) is 23.1. The van der Waals surface area contributed by atoms with E-state index >= 15 is 0 Å². The van der Waals surface area contributed by atoms with E-state index in [0.717, 1.165) is 51.6 Å². The average molecular weight is 447 g/mol. The second-order valence-electron chi connectivity index (χ2n) is 9.01. The van der Waals surface area contributed by atoms with Gasteiger partial charge < -0.3 is 9.64 Å². The predicted molar refractivity (Wildman–Crippen MR) is 131 cm³/mol. The number of para-hydroxylation sites is 1. The standard InChI is InChI=1S/C28H34N2O3/c1-3-4-10-17-30-27(31)25(23-13-8-9-14-24(23)33-2)26(28(30)32)29-18-15-22(16-19-29)20-21-11-6-5-7-12-21/h5-9,11-14,22H,3-4,10,15-20H2,1-2H3. The topological polar surface area (TPSA) is 49.9 Å². The van der Waals surface area contributed by atoms with Gasteiger partial charge in [0.05, 0.1) is 12.7 Å². The summed E-state index contributed by atoms with van der Waals surface area (Å²) < 4.78 is 5.56. The molecule has 0 atom stereocenters. The number of methoxy groups -OCH3 is 1. The maximum absolute atomic E-state index is 13.5. The highest BCUT2D eigenvalue weighted by Crippen LogP contribution is 2.38. The van der Waals surface area contributed by atoms with E-state index in [9.17, 15) is 9.59 Å². The molecule has 0 unspecified atom stereocenters. The quantitative estimate of drug-likeness (QED) is 0.405. The first-order valence-corrected chi connectivity index (χ1v) is 12.2. The average Bonchev–Trinajstić information content (AvgIpc) is 3.10. The second-order valence-corrected chi connectivity index (χ2v) is 9.01. The van der Waals surface area contributed by atoms with Crippen molar-refractivity contribution in [1.82, 2.24) is 9.80 Å². The Morgan fingerprint density at radius 2 is 1.61 bits per heavy atom. The van der Waals surface area contributed by atoms with Gasteiger partial charge in [-0.3, -0.25) is 14.5 Å². The number of likely N-dealkylation sites (tertiary alicyclic amines) is 1. The van der Waals surface area contributed by atoms with Gasteiger partial charge in [0.1, 0.15) is 11.4 Å². The zero-order valence-electron chi connectivity index (χ0n) is 19.8. The number of piperidine rings is 1. The van der Waals surface area contributed by atoms with Crippen LogP contribution in [0.3, 0.4) is 0 Å². The largest absolute Gasteiger partial charge is 0.496 e. The highest BCUT2D eigenvalue weighted by molar-refractivity contribution is 6.36. The molecule has 2 amide bonds. The van der Waals surface area contributed by atoms with Gasteiger partial charge in [0, 0.05) is 25.2 Å². The molecule has 0 spiro atoms. The fourth-order valence-corrected chi connectivity index (χ4v) is 4.98. The van der Waals surface area contributed by atoms with Crippen LogP contribution in [0.5, 0.6) is 5.75 Å². The van der Waals surface area contributed by atoms with Crippen LogP contribution >= 0.6 is 0 Å². The highest BCUT2D eigenvalue weighted by Gasteiger charge is 2.42. The Hall–Kier alpha value is -3.08. The van der Waals surface area contributed by atoms with E-state index in [1.165, 1.54) is 10.5 Å². The van der Waals surface area contributed by atoms with Crippen LogP contribution in [-0.4, -0.2) is 48.4 Å². The molecule has 4 rings (SSSR count). The van der Waals surface area contributed by atoms with Crippen LogP contribution < -0.4 is 4.74 Å². The molecule has 174 valence electrons. The van der Waals surface area contributed by atoms with Crippen LogP contribution in [0.4, 0.5) is 0 Å². The summed E-state index contributed by atoms with van der Waals surface area (Å²) in [6.07, 6.45) is 5.96. The number of carbonyl (C=O) groups excluding carboxylic acids is 2. The van der Waals surface area contributed by atoms with Crippen molar-refractivity contribution >= 4 is 17.4 Å². The molecule has 0 saturated carbocycles. The van der Waals surface area contributed by atoms with E-state index < -0.39 is 0 Å². The van der Waals surface area contributed by atoms with E-state index in [1.807, 2.05) is 30.3 Å². The number of hydrogen-bond donors (Lipinski definition) is 0. The number of hydrogen-bond acceptors (Lipinski definition) is 4. The Kier molecular flexibility index (Phi) is 7.48. The lowest BCUT2D eigenvalue weighted by Crippen LogP contribution is -2.39. The van der Waals surface area contributed by atoms with Crippen molar-refractivity contribution in [3.05, 3.63) is 71.4 Å². The molecule has 2 aliphatic rings. The minimum atomic E-state index is -0.193. The molecule has 1 saturated heterocycles. The Balaban J connectivity index is 1.59. The van der Waals surface area contributed by atoms with Crippen molar-refractivity contribution in [2.75, 3.05) is 26.7 Å². The highest BCUT2D eigenvalue weighted by atomic mass is 16.5. The fraction of sp³-hybridized carbons (Fsp3) is 0.429. The molecule has 5 nitrogen and oxygen atoms in total. The third-order valence-electron chi connectivity index (χ3n) is 6.80. The summed E-state index contributed by atoms with van der Waals surface area (Å²) in [6.45, 7) is 4.16. The molecule has 5 heteroatoms. The van der Waals surface area contributed by atoms with E-state index in [1.54, 1.807) is 7.11 Å². The first-order valence-electron chi connectivity index (χ1n) is 12.2. The molecule has 0 radical (unpaired) electrons. The maximum Gasteiger partial charge on any atom is 0.277 e. The molecule has 33 heavy (non-hydrogen) atoms. The lowest BCUT2D eigenvalue weighted by molar-refractivity contribution is -0.137. The monoisotopic (exact) mass is 446 g/mol. The molecule has 0 aromatic heterocycles. The number of amides is 2. The molecule has 2 aromatic rings. The van der Waals surface area contributed by atoms with E-state index in [2.05, 4.69) is 36.1 Å². The van der Waals surface area contributed by atoms with E-state index in [0.29, 0.717) is 35.0 Å². The Bertz CT molecular complexity index is 1010. The van der Waals surface area contributed by atoms with E-state index in [-0.39, 0.29) is 11.8 Å². The third kappa shape index (κ3) is 4.97. The van der Waals surface area contributed by atoms with Gasteiger partial charge in [-0.25, -0.2) is 0 Å². The summed E-state index contributed by atoms with van der Waals surface area (Å²) in [5.74, 6) is 0.868. The van der Waals surface area contributed by atoms with Gasteiger partial charge in [-0.15, -0.1) is 0 Å². The van der Waals surface area contributed by atoms with Crippen molar-refractivity contribution < 1.29 is 14.3 Å². The summed E-state index contributed by atoms with van der Waals surface area (Å²) in [6, 6.07) is 18.1. The number of unbranched alkanes of at least 4 members (excludes halogenated alkanes) is 2. The summed E-state index contributed by atoms with van der Waals surface area (Å²) in [4.78, 5) is 30.6. The van der Waals surface area contributed by atoms with Crippen LogP contribution in [0.25, 0.3) is 5.57 Å². The minimum Gasteiger partial charge on any atom is -0.496 e. The Morgan fingerprint density at radius 3 is 2.30 bits per heavy atom. The van der Waals surface area contributed by atoms with Crippen LogP contribution in [0.15, 0.2) is 60.3 Å². The maximum atomic E-state index is 13.5. The van der Waals surface area contributed by atoms with Crippen LogP contribution in [0.1, 0.15) is 50.2 Å². The van der Waals surface area contributed by atoms with Crippen molar-refractivity contribution in [1.29, 1.82) is 0 Å². The molecular formula is C28H34N2O3. The number of ether oxygens (including phenoxy) is 1. The SMILES string of the molecule is CCCCCN1C(=O)C(c2ccccc2OC)=C(N2CCC(Cc3ccccc3)CC2)C1=O. The lowest BCUT2D eigenvalue weighted by Gasteiger charge is -2.34. The molecule has 0 aliphatic carbocycles. The summed E-state index contributed by atoms with van der Waals surface area (Å²) in [7, 11) is 1.61. The molecule has 2 aromatic carbocycles. The number of benzene rings is 2. The smallest absolute Gasteiger partial charge is 0.277 e. The minimum absolute atomic E-state index is 0.154. The third-order valence-corrected chi connectivity index (χ3v) is 6.80. The summed E-state index contributed by atoms with van der Waals surface area (Å²) in [5, 5.41) is 0. The summed E-state index contributed by atoms with van der Waals surface area (Å²) in [5.41, 5.74) is 3.12. The van der Waals surface area contributed by atoms with Crippen molar-refractivity contribution in [2.24, 2.45) is 5.92 Å². The molecule has 2 heterocycles. The molecule has 1 fully saturated rings. The predicted octanol–water partition coefficient (Wildman–Crippen LogP) is 4.92. The normalized spacial score (nSPS) is 17.3. The number of imide groups is 1. The van der Waals surface area contributed by atoms with E-state index in [4.69, 9.17) is 4.74 Å². The molecular weight excluding hydrogens is 412 g/mol. The van der Waals surface area contributed by atoms with Crippen LogP contribution in [0, 0.1) is 5.92 Å². The second kappa shape index (κ2) is 10.7. The zero-order chi connectivity index (χ0) is 23.2. The Labute approximate surface area is 197 Å². The van der Waals surface area contributed by atoms with Gasteiger partial charge in [-0.2, -0.15) is 0 Å². The van der Waals surface area contributed by atoms with Crippen LogP contribution in [-0.2, 0) is 16.0 Å². The van der Waals surface area contributed by atoms with Gasteiger partial charge in [0.25, 0.3) is 11.8 Å². The van der Waals surface area contributed by atoms with Crippen LogP contribution in [0.2, 0.25) is 0 Å². The Morgan fingerprint density at radius 1 is 0.909 bits per heavy atom. The molecule has 0 bridgehead atoms.